The van der Waals surface area contributed by atoms with Gasteiger partial charge < -0.3 is 10.6 Å². The van der Waals surface area contributed by atoms with E-state index in [0.717, 1.165) is 13.0 Å². The highest BCUT2D eigenvalue weighted by Crippen LogP contribution is 2.10. The SMILES string of the molecule is Cc1ccccc1CC(C)NCC1CCCCN1. The van der Waals surface area contributed by atoms with Crippen LogP contribution in [0.3, 0.4) is 0 Å². The summed E-state index contributed by atoms with van der Waals surface area (Å²) in [6.07, 6.45) is 5.17. The molecule has 1 aliphatic heterocycles. The standard InChI is InChI=1S/C16H26N2/c1-13-7-3-4-8-15(13)11-14(2)18-12-16-9-5-6-10-17-16/h3-4,7-8,14,16-18H,5-6,9-12H2,1-2H3. The van der Waals surface area contributed by atoms with Gasteiger partial charge in [0.25, 0.3) is 0 Å². The number of rotatable bonds is 5. The zero-order valence-electron chi connectivity index (χ0n) is 11.7. The second-order valence-corrected chi connectivity index (χ2v) is 5.59. The first-order valence-electron chi connectivity index (χ1n) is 7.27. The van der Waals surface area contributed by atoms with Crippen molar-refractivity contribution in [3.05, 3.63) is 35.4 Å². The molecule has 1 aliphatic rings. The summed E-state index contributed by atoms with van der Waals surface area (Å²) in [4.78, 5) is 0. The van der Waals surface area contributed by atoms with E-state index in [9.17, 15) is 0 Å². The van der Waals surface area contributed by atoms with Crippen LogP contribution in [0, 0.1) is 6.92 Å². The van der Waals surface area contributed by atoms with Gasteiger partial charge in [0.05, 0.1) is 0 Å². The van der Waals surface area contributed by atoms with Crippen LogP contribution in [0.5, 0.6) is 0 Å². The largest absolute Gasteiger partial charge is 0.313 e. The molecule has 2 unspecified atom stereocenters. The number of nitrogens with one attached hydrogen (secondary N) is 2. The minimum absolute atomic E-state index is 0.551. The highest BCUT2D eigenvalue weighted by atomic mass is 15.0. The average Bonchev–Trinajstić information content (AvgIpc) is 2.40. The van der Waals surface area contributed by atoms with Crippen molar-refractivity contribution in [3.8, 4) is 0 Å². The molecule has 0 bridgehead atoms. The molecule has 2 N–H and O–H groups in total. The molecule has 1 saturated heterocycles. The summed E-state index contributed by atoms with van der Waals surface area (Å²) in [5, 5.41) is 7.25. The maximum Gasteiger partial charge on any atom is 0.0192 e. The number of aryl methyl sites for hydroxylation is 1. The third-order valence-corrected chi connectivity index (χ3v) is 3.91. The highest BCUT2D eigenvalue weighted by molar-refractivity contribution is 5.26. The Bertz CT molecular complexity index is 356. The third-order valence-electron chi connectivity index (χ3n) is 3.91. The van der Waals surface area contributed by atoms with Crippen molar-refractivity contribution in [2.24, 2.45) is 0 Å². The smallest absolute Gasteiger partial charge is 0.0192 e. The lowest BCUT2D eigenvalue weighted by molar-refractivity contribution is 0.369. The van der Waals surface area contributed by atoms with Crippen molar-refractivity contribution >= 4 is 0 Å². The molecule has 0 spiro atoms. The molecule has 2 rings (SSSR count). The molecule has 0 aliphatic carbocycles. The van der Waals surface area contributed by atoms with Gasteiger partial charge in [-0.05, 0) is 50.8 Å². The van der Waals surface area contributed by atoms with Gasteiger partial charge in [-0.1, -0.05) is 30.7 Å². The first-order valence-corrected chi connectivity index (χ1v) is 7.27. The van der Waals surface area contributed by atoms with Gasteiger partial charge in [-0.3, -0.25) is 0 Å². The molecule has 18 heavy (non-hydrogen) atoms. The monoisotopic (exact) mass is 246 g/mol. The fourth-order valence-corrected chi connectivity index (χ4v) is 2.68. The summed E-state index contributed by atoms with van der Waals surface area (Å²) >= 11 is 0. The Morgan fingerprint density at radius 2 is 2.17 bits per heavy atom. The number of hydrogen-bond acceptors (Lipinski definition) is 2. The third kappa shape index (κ3) is 4.11. The second-order valence-electron chi connectivity index (χ2n) is 5.59. The van der Waals surface area contributed by atoms with Crippen LogP contribution in [-0.4, -0.2) is 25.2 Å². The minimum atomic E-state index is 0.551. The van der Waals surface area contributed by atoms with E-state index in [1.54, 1.807) is 0 Å². The highest BCUT2D eigenvalue weighted by Gasteiger charge is 2.13. The normalized spacial score (nSPS) is 21.8. The lowest BCUT2D eigenvalue weighted by Gasteiger charge is -2.25. The van der Waals surface area contributed by atoms with Gasteiger partial charge in [0.2, 0.25) is 0 Å². The van der Waals surface area contributed by atoms with Crippen molar-refractivity contribution in [2.45, 2.75) is 51.6 Å². The predicted octanol–water partition coefficient (Wildman–Crippen LogP) is 2.66. The van der Waals surface area contributed by atoms with Gasteiger partial charge in [-0.2, -0.15) is 0 Å². The summed E-state index contributed by atoms with van der Waals surface area (Å²) in [6.45, 7) is 6.78. The molecule has 1 heterocycles. The molecular weight excluding hydrogens is 220 g/mol. The van der Waals surface area contributed by atoms with E-state index in [0.29, 0.717) is 12.1 Å². The molecule has 1 aromatic carbocycles. The van der Waals surface area contributed by atoms with E-state index < -0.39 is 0 Å². The van der Waals surface area contributed by atoms with Gasteiger partial charge in [0.1, 0.15) is 0 Å². The van der Waals surface area contributed by atoms with Gasteiger partial charge in [-0.25, -0.2) is 0 Å². The van der Waals surface area contributed by atoms with E-state index in [4.69, 9.17) is 0 Å². The van der Waals surface area contributed by atoms with Crippen LogP contribution in [-0.2, 0) is 6.42 Å². The van der Waals surface area contributed by atoms with Crippen LogP contribution in [0.15, 0.2) is 24.3 Å². The summed E-state index contributed by atoms with van der Waals surface area (Å²) in [5.74, 6) is 0. The molecule has 0 radical (unpaired) electrons. The number of hydrogen-bond donors (Lipinski definition) is 2. The van der Waals surface area contributed by atoms with Crippen LogP contribution in [0.2, 0.25) is 0 Å². The topological polar surface area (TPSA) is 24.1 Å². The van der Waals surface area contributed by atoms with Crippen molar-refractivity contribution in [1.29, 1.82) is 0 Å². The van der Waals surface area contributed by atoms with E-state index in [2.05, 4.69) is 48.7 Å². The van der Waals surface area contributed by atoms with Crippen molar-refractivity contribution < 1.29 is 0 Å². The van der Waals surface area contributed by atoms with Gasteiger partial charge >= 0.3 is 0 Å². The summed E-state index contributed by atoms with van der Waals surface area (Å²) in [5.41, 5.74) is 2.87. The first-order chi connectivity index (χ1) is 8.75. The fraction of sp³-hybridized carbons (Fsp3) is 0.625. The molecule has 2 heteroatoms. The zero-order valence-corrected chi connectivity index (χ0v) is 11.7. The zero-order chi connectivity index (χ0) is 12.8. The van der Waals surface area contributed by atoms with E-state index in [1.165, 1.54) is 36.9 Å². The van der Waals surface area contributed by atoms with Crippen molar-refractivity contribution in [3.63, 3.8) is 0 Å². The van der Waals surface area contributed by atoms with Crippen LogP contribution >= 0.6 is 0 Å². The summed E-state index contributed by atoms with van der Waals surface area (Å²) < 4.78 is 0. The number of benzene rings is 1. The van der Waals surface area contributed by atoms with Crippen LogP contribution in [0.1, 0.15) is 37.3 Å². The molecule has 0 saturated carbocycles. The molecule has 0 amide bonds. The Kier molecular flexibility index (Phi) is 5.21. The predicted molar refractivity (Wildman–Crippen MR) is 78.0 cm³/mol. The molecule has 100 valence electrons. The molecule has 2 nitrogen and oxygen atoms in total. The van der Waals surface area contributed by atoms with Crippen molar-refractivity contribution in [1.82, 2.24) is 10.6 Å². The fourth-order valence-electron chi connectivity index (χ4n) is 2.68. The lowest BCUT2D eigenvalue weighted by Crippen LogP contribution is -2.44. The maximum absolute atomic E-state index is 3.67. The lowest BCUT2D eigenvalue weighted by atomic mass is 10.0. The van der Waals surface area contributed by atoms with E-state index in [1.807, 2.05) is 0 Å². The van der Waals surface area contributed by atoms with Crippen LogP contribution in [0.25, 0.3) is 0 Å². The summed E-state index contributed by atoms with van der Waals surface area (Å²) in [7, 11) is 0. The maximum atomic E-state index is 3.67. The quantitative estimate of drug-likeness (QED) is 0.834. The first kappa shape index (κ1) is 13.6. The average molecular weight is 246 g/mol. The van der Waals surface area contributed by atoms with Gasteiger partial charge in [0, 0.05) is 18.6 Å². The Morgan fingerprint density at radius 1 is 1.33 bits per heavy atom. The van der Waals surface area contributed by atoms with E-state index in [-0.39, 0.29) is 0 Å². The molecule has 2 atom stereocenters. The second kappa shape index (κ2) is 6.91. The summed E-state index contributed by atoms with van der Waals surface area (Å²) in [6, 6.07) is 9.92. The Labute approximate surface area is 111 Å². The Hall–Kier alpha value is -0.860. The minimum Gasteiger partial charge on any atom is -0.313 e. The molecule has 1 fully saturated rings. The number of piperidine rings is 1. The Balaban J connectivity index is 1.74. The molecule has 0 aromatic heterocycles. The Morgan fingerprint density at radius 3 is 2.89 bits per heavy atom. The molecule has 1 aromatic rings. The van der Waals surface area contributed by atoms with Crippen molar-refractivity contribution in [2.75, 3.05) is 13.1 Å². The van der Waals surface area contributed by atoms with Gasteiger partial charge in [-0.15, -0.1) is 0 Å². The van der Waals surface area contributed by atoms with E-state index >= 15 is 0 Å². The van der Waals surface area contributed by atoms with Crippen LogP contribution < -0.4 is 10.6 Å². The molecular formula is C16H26N2. The van der Waals surface area contributed by atoms with Crippen LogP contribution in [0.4, 0.5) is 0 Å². The van der Waals surface area contributed by atoms with Gasteiger partial charge in [0.15, 0.2) is 0 Å².